The zero-order valence-electron chi connectivity index (χ0n) is 9.43. The van der Waals surface area contributed by atoms with Gasteiger partial charge >= 0.3 is 0 Å². The van der Waals surface area contributed by atoms with Crippen molar-refractivity contribution in [2.45, 2.75) is 31.5 Å². The summed E-state index contributed by atoms with van der Waals surface area (Å²) >= 11 is 0. The molecule has 3 rings (SSSR count). The van der Waals surface area contributed by atoms with Gasteiger partial charge in [0.2, 0.25) is 10.0 Å². The van der Waals surface area contributed by atoms with Crippen molar-refractivity contribution in [2.24, 2.45) is 5.92 Å². The highest BCUT2D eigenvalue weighted by atomic mass is 32.2. The molecule has 4 nitrogen and oxygen atoms in total. The van der Waals surface area contributed by atoms with Crippen LogP contribution in [0.15, 0.2) is 12.2 Å². The van der Waals surface area contributed by atoms with Crippen LogP contribution in [0.1, 0.15) is 19.8 Å². The summed E-state index contributed by atoms with van der Waals surface area (Å²) in [5.74, 6) is 0.622. The van der Waals surface area contributed by atoms with Gasteiger partial charge in [0.25, 0.3) is 0 Å². The highest BCUT2D eigenvalue weighted by molar-refractivity contribution is 7.89. The first kappa shape index (κ1) is 10.7. The molecule has 3 aliphatic rings. The van der Waals surface area contributed by atoms with E-state index < -0.39 is 10.0 Å². The summed E-state index contributed by atoms with van der Waals surface area (Å²) < 4.78 is 31.5. The Hall–Kier alpha value is -0.390. The third-order valence-electron chi connectivity index (χ3n) is 3.87. The molecule has 0 aliphatic carbocycles. The fourth-order valence-electron chi connectivity index (χ4n) is 3.10. The highest BCUT2D eigenvalue weighted by Gasteiger charge is 2.57. The Bertz CT molecular complexity index is 431. The van der Waals surface area contributed by atoms with E-state index in [4.69, 9.17) is 4.74 Å². The van der Waals surface area contributed by atoms with E-state index in [-0.39, 0.29) is 17.5 Å². The number of fused-ring (bicyclic) bond motifs is 1. The average Bonchev–Trinajstić information content (AvgIpc) is 2.81. The summed E-state index contributed by atoms with van der Waals surface area (Å²) in [6, 6.07) is 0. The van der Waals surface area contributed by atoms with E-state index in [2.05, 4.69) is 12.2 Å². The molecule has 0 saturated carbocycles. The lowest BCUT2D eigenvalue weighted by Gasteiger charge is -2.21. The topological polar surface area (TPSA) is 46.6 Å². The minimum absolute atomic E-state index is 0.237. The van der Waals surface area contributed by atoms with E-state index in [1.54, 1.807) is 4.31 Å². The molecule has 0 unspecified atom stereocenters. The van der Waals surface area contributed by atoms with Crippen LogP contribution >= 0.6 is 0 Å². The molecule has 16 heavy (non-hydrogen) atoms. The van der Waals surface area contributed by atoms with Crippen molar-refractivity contribution in [1.82, 2.24) is 4.31 Å². The van der Waals surface area contributed by atoms with Crippen LogP contribution in [0.25, 0.3) is 0 Å². The van der Waals surface area contributed by atoms with Gasteiger partial charge in [0.05, 0.1) is 11.9 Å². The second-order valence-corrected chi connectivity index (χ2v) is 7.10. The van der Waals surface area contributed by atoms with Crippen molar-refractivity contribution in [3.05, 3.63) is 12.2 Å². The molecule has 2 fully saturated rings. The van der Waals surface area contributed by atoms with Crippen LogP contribution in [0, 0.1) is 5.92 Å². The van der Waals surface area contributed by atoms with E-state index in [9.17, 15) is 8.42 Å². The molecular formula is C11H17NO3S. The maximum absolute atomic E-state index is 12.0. The van der Waals surface area contributed by atoms with Crippen LogP contribution in [0.3, 0.4) is 0 Å². The van der Waals surface area contributed by atoms with Gasteiger partial charge < -0.3 is 4.74 Å². The van der Waals surface area contributed by atoms with Gasteiger partial charge in [0, 0.05) is 19.0 Å². The number of rotatable bonds is 3. The fourth-order valence-corrected chi connectivity index (χ4v) is 4.68. The van der Waals surface area contributed by atoms with Crippen LogP contribution in [0.5, 0.6) is 0 Å². The molecule has 5 heteroatoms. The van der Waals surface area contributed by atoms with E-state index in [0.717, 1.165) is 6.42 Å². The summed E-state index contributed by atoms with van der Waals surface area (Å²) in [5.41, 5.74) is -0.286. The van der Waals surface area contributed by atoms with Gasteiger partial charge in [-0.25, -0.2) is 8.42 Å². The number of ether oxygens (including phenoxy) is 1. The molecule has 0 amide bonds. The normalized spacial score (nSPS) is 41.8. The Balaban J connectivity index is 1.82. The molecule has 3 atom stereocenters. The smallest absolute Gasteiger partial charge is 0.214 e. The maximum Gasteiger partial charge on any atom is 0.214 e. The number of sulfonamides is 1. The Morgan fingerprint density at radius 3 is 3.00 bits per heavy atom. The van der Waals surface area contributed by atoms with Crippen molar-refractivity contribution in [3.8, 4) is 0 Å². The van der Waals surface area contributed by atoms with Gasteiger partial charge in [-0.1, -0.05) is 19.1 Å². The monoisotopic (exact) mass is 243 g/mol. The van der Waals surface area contributed by atoms with Gasteiger partial charge in [-0.3, -0.25) is 0 Å². The molecule has 3 heterocycles. The molecule has 1 spiro atoms. The quantitative estimate of drug-likeness (QED) is 0.687. The van der Waals surface area contributed by atoms with Crippen LogP contribution in [0.2, 0.25) is 0 Å². The van der Waals surface area contributed by atoms with E-state index >= 15 is 0 Å². The summed E-state index contributed by atoms with van der Waals surface area (Å²) in [4.78, 5) is 0. The Kier molecular flexibility index (Phi) is 2.22. The van der Waals surface area contributed by atoms with Crippen LogP contribution in [-0.4, -0.2) is 43.3 Å². The van der Waals surface area contributed by atoms with Gasteiger partial charge in [-0.15, -0.1) is 0 Å². The van der Waals surface area contributed by atoms with Crippen molar-refractivity contribution < 1.29 is 13.2 Å². The van der Waals surface area contributed by atoms with Crippen molar-refractivity contribution in [3.63, 3.8) is 0 Å². The standard InChI is InChI=1S/C11H17NO3S/c1-2-5-16(13,14)12-7-9-6-10-3-4-11(9,8-12)15-10/h3-4,9-10H,2,5-8H2,1H3/t9-,10+,11+/m1/s1. The summed E-state index contributed by atoms with van der Waals surface area (Å²) in [5, 5.41) is 0. The minimum atomic E-state index is -3.06. The van der Waals surface area contributed by atoms with Crippen molar-refractivity contribution >= 4 is 10.0 Å². The maximum atomic E-state index is 12.0. The first-order valence-electron chi connectivity index (χ1n) is 5.91. The predicted octanol–water partition coefficient (Wildman–Crippen LogP) is 0.756. The first-order valence-corrected chi connectivity index (χ1v) is 7.52. The molecule has 0 N–H and O–H groups in total. The average molecular weight is 243 g/mol. The predicted molar refractivity (Wildman–Crippen MR) is 60.5 cm³/mol. The third kappa shape index (κ3) is 1.38. The summed E-state index contributed by atoms with van der Waals surface area (Å²) in [6.07, 6.45) is 6.05. The first-order chi connectivity index (χ1) is 7.56. The van der Waals surface area contributed by atoms with Gasteiger partial charge in [-0.05, 0) is 12.8 Å². The van der Waals surface area contributed by atoms with Crippen molar-refractivity contribution in [1.29, 1.82) is 0 Å². The number of hydrogen-bond donors (Lipinski definition) is 0. The SMILES string of the molecule is CCCS(=O)(=O)N1C[C@H]2C[C@@H]3C=C[C@@]2(C1)O3. The molecule has 90 valence electrons. The van der Waals surface area contributed by atoms with Crippen LogP contribution < -0.4 is 0 Å². The minimum Gasteiger partial charge on any atom is -0.362 e. The Morgan fingerprint density at radius 1 is 1.56 bits per heavy atom. The molecule has 2 saturated heterocycles. The second kappa shape index (κ2) is 3.31. The molecule has 2 bridgehead atoms. The van der Waals surface area contributed by atoms with E-state index in [0.29, 0.717) is 25.4 Å². The van der Waals surface area contributed by atoms with Crippen LogP contribution in [-0.2, 0) is 14.8 Å². The van der Waals surface area contributed by atoms with Gasteiger partial charge in [-0.2, -0.15) is 4.31 Å². The number of nitrogens with zero attached hydrogens (tertiary/aromatic N) is 1. The lowest BCUT2D eigenvalue weighted by atomic mass is 9.86. The molecule has 0 radical (unpaired) electrons. The molecule has 0 aromatic heterocycles. The lowest BCUT2D eigenvalue weighted by Crippen LogP contribution is -2.36. The zero-order valence-corrected chi connectivity index (χ0v) is 10.2. The van der Waals surface area contributed by atoms with E-state index in [1.807, 2.05) is 6.92 Å². The van der Waals surface area contributed by atoms with Gasteiger partial charge in [0.1, 0.15) is 5.60 Å². The largest absolute Gasteiger partial charge is 0.362 e. The summed E-state index contributed by atoms with van der Waals surface area (Å²) in [7, 11) is -3.06. The van der Waals surface area contributed by atoms with E-state index in [1.165, 1.54) is 0 Å². The fraction of sp³-hybridized carbons (Fsp3) is 0.818. The van der Waals surface area contributed by atoms with Crippen LogP contribution in [0.4, 0.5) is 0 Å². The Morgan fingerprint density at radius 2 is 2.38 bits per heavy atom. The zero-order chi connectivity index (χ0) is 11.4. The third-order valence-corrected chi connectivity index (χ3v) is 5.86. The van der Waals surface area contributed by atoms with Gasteiger partial charge in [0.15, 0.2) is 0 Å². The molecule has 0 aromatic carbocycles. The lowest BCUT2D eigenvalue weighted by molar-refractivity contribution is 0.0291. The molecular weight excluding hydrogens is 226 g/mol. The highest BCUT2D eigenvalue weighted by Crippen LogP contribution is 2.48. The number of hydrogen-bond acceptors (Lipinski definition) is 3. The molecule has 0 aromatic rings. The summed E-state index contributed by atoms with van der Waals surface area (Å²) in [6.45, 7) is 3.06. The second-order valence-electron chi connectivity index (χ2n) is 5.01. The molecule has 3 aliphatic heterocycles. The Labute approximate surface area is 96.3 Å². The van der Waals surface area contributed by atoms with Crippen molar-refractivity contribution in [2.75, 3.05) is 18.8 Å².